The van der Waals surface area contributed by atoms with Crippen molar-refractivity contribution in [2.75, 3.05) is 0 Å². The van der Waals surface area contributed by atoms with Crippen molar-refractivity contribution in [3.63, 3.8) is 0 Å². The van der Waals surface area contributed by atoms with E-state index in [9.17, 15) is 5.11 Å². The molecule has 1 aliphatic rings. The van der Waals surface area contributed by atoms with E-state index in [-0.39, 0.29) is 0 Å². The molecular formula is C16H20N2O. The van der Waals surface area contributed by atoms with Crippen molar-refractivity contribution in [2.24, 2.45) is 0 Å². The van der Waals surface area contributed by atoms with Gasteiger partial charge in [-0.3, -0.25) is 0 Å². The van der Waals surface area contributed by atoms with E-state index in [2.05, 4.69) is 42.5 Å². The second-order valence-corrected chi connectivity index (χ2v) is 5.65. The number of rotatable bonds is 3. The van der Waals surface area contributed by atoms with Crippen LogP contribution in [0.5, 0.6) is 0 Å². The quantitative estimate of drug-likeness (QED) is 0.915. The summed E-state index contributed by atoms with van der Waals surface area (Å²) >= 11 is 0. The zero-order valence-electron chi connectivity index (χ0n) is 11.7. The van der Waals surface area contributed by atoms with E-state index in [1.54, 1.807) is 6.20 Å². The molecule has 1 aromatic heterocycles. The van der Waals surface area contributed by atoms with Gasteiger partial charge in [-0.2, -0.15) is 0 Å². The highest BCUT2D eigenvalue weighted by atomic mass is 16.3. The maximum Gasteiger partial charge on any atom is 0.121 e. The Labute approximate surface area is 113 Å². The standard InChI is InChI=1S/C16H20N2O/c1-10-6-12(3)14(7-11(10)2)16(19)15-8-17-9-18(15)13-4-5-13/h6-9,13,16,19H,4-5H2,1-3H3. The molecule has 3 heteroatoms. The van der Waals surface area contributed by atoms with Crippen LogP contribution in [0.4, 0.5) is 0 Å². The number of aryl methyl sites for hydroxylation is 3. The molecule has 0 aliphatic heterocycles. The number of aliphatic hydroxyl groups excluding tert-OH is 1. The van der Waals surface area contributed by atoms with Gasteiger partial charge in [-0.25, -0.2) is 4.98 Å². The first kappa shape index (κ1) is 12.4. The minimum Gasteiger partial charge on any atom is -0.382 e. The van der Waals surface area contributed by atoms with Crippen LogP contribution in [0, 0.1) is 20.8 Å². The van der Waals surface area contributed by atoms with Gasteiger partial charge in [0.05, 0.1) is 18.2 Å². The fraction of sp³-hybridized carbons (Fsp3) is 0.438. The van der Waals surface area contributed by atoms with Gasteiger partial charge in [0.2, 0.25) is 0 Å². The number of hydrogen-bond acceptors (Lipinski definition) is 2. The van der Waals surface area contributed by atoms with Crippen molar-refractivity contribution >= 4 is 0 Å². The second kappa shape index (κ2) is 4.49. The number of imidazole rings is 1. The van der Waals surface area contributed by atoms with E-state index in [1.165, 1.54) is 24.0 Å². The van der Waals surface area contributed by atoms with Crippen LogP contribution in [-0.4, -0.2) is 14.7 Å². The van der Waals surface area contributed by atoms with Gasteiger partial charge in [-0.05, 0) is 55.9 Å². The topological polar surface area (TPSA) is 38.1 Å². The fourth-order valence-electron chi connectivity index (χ4n) is 2.62. The Morgan fingerprint density at radius 3 is 2.53 bits per heavy atom. The number of aromatic nitrogens is 2. The largest absolute Gasteiger partial charge is 0.382 e. The average molecular weight is 256 g/mol. The van der Waals surface area contributed by atoms with Crippen LogP contribution in [0.2, 0.25) is 0 Å². The summed E-state index contributed by atoms with van der Waals surface area (Å²) in [6, 6.07) is 4.78. The van der Waals surface area contributed by atoms with Gasteiger partial charge in [0.1, 0.15) is 6.10 Å². The summed E-state index contributed by atoms with van der Waals surface area (Å²) in [5.74, 6) is 0. The molecule has 1 aliphatic carbocycles. The first-order chi connectivity index (χ1) is 9.08. The molecule has 1 heterocycles. The maximum absolute atomic E-state index is 10.7. The summed E-state index contributed by atoms with van der Waals surface area (Å²) in [6.45, 7) is 6.25. The Bertz CT molecular complexity index is 611. The average Bonchev–Trinajstić information content (AvgIpc) is 3.10. The van der Waals surface area contributed by atoms with Crippen LogP contribution < -0.4 is 0 Å². The van der Waals surface area contributed by atoms with Crippen molar-refractivity contribution in [1.29, 1.82) is 0 Å². The summed E-state index contributed by atoms with van der Waals surface area (Å²) < 4.78 is 2.12. The molecule has 0 spiro atoms. The zero-order valence-corrected chi connectivity index (χ0v) is 11.7. The lowest BCUT2D eigenvalue weighted by atomic mass is 9.96. The summed E-state index contributed by atoms with van der Waals surface area (Å²) in [5.41, 5.74) is 5.53. The SMILES string of the molecule is Cc1cc(C)c(C(O)c2cncn2C2CC2)cc1C. The van der Waals surface area contributed by atoms with Gasteiger partial charge in [0, 0.05) is 6.04 Å². The molecule has 0 bridgehead atoms. The number of benzene rings is 1. The highest BCUT2D eigenvalue weighted by Crippen LogP contribution is 2.38. The Balaban J connectivity index is 2.01. The summed E-state index contributed by atoms with van der Waals surface area (Å²) in [7, 11) is 0. The maximum atomic E-state index is 10.7. The van der Waals surface area contributed by atoms with Gasteiger partial charge < -0.3 is 9.67 Å². The van der Waals surface area contributed by atoms with E-state index in [0.29, 0.717) is 6.04 Å². The Hall–Kier alpha value is -1.61. The van der Waals surface area contributed by atoms with E-state index in [0.717, 1.165) is 16.8 Å². The van der Waals surface area contributed by atoms with E-state index < -0.39 is 6.10 Å². The summed E-state index contributed by atoms with van der Waals surface area (Å²) in [6.07, 6.45) is 5.44. The Morgan fingerprint density at radius 2 is 1.84 bits per heavy atom. The van der Waals surface area contributed by atoms with Crippen molar-refractivity contribution in [3.05, 3.63) is 52.6 Å². The third kappa shape index (κ3) is 2.19. The molecule has 1 fully saturated rings. The summed E-state index contributed by atoms with van der Waals surface area (Å²) in [5, 5.41) is 10.7. The third-order valence-corrected chi connectivity index (χ3v) is 4.09. The molecule has 3 nitrogen and oxygen atoms in total. The molecule has 2 aromatic rings. The van der Waals surface area contributed by atoms with E-state index >= 15 is 0 Å². The van der Waals surface area contributed by atoms with Gasteiger partial charge >= 0.3 is 0 Å². The molecule has 1 aromatic carbocycles. The molecule has 1 unspecified atom stereocenters. The first-order valence-electron chi connectivity index (χ1n) is 6.85. The van der Waals surface area contributed by atoms with Crippen LogP contribution in [0.1, 0.15) is 52.9 Å². The minimum absolute atomic E-state index is 0.541. The number of nitrogens with zero attached hydrogens (tertiary/aromatic N) is 2. The third-order valence-electron chi connectivity index (χ3n) is 4.09. The molecule has 1 N–H and O–H groups in total. The first-order valence-corrected chi connectivity index (χ1v) is 6.85. The predicted molar refractivity (Wildman–Crippen MR) is 75.2 cm³/mol. The molecule has 1 atom stereocenters. The molecule has 0 amide bonds. The van der Waals surface area contributed by atoms with Crippen LogP contribution >= 0.6 is 0 Å². The molecule has 19 heavy (non-hydrogen) atoms. The Kier molecular flexibility index (Phi) is 2.94. The smallest absolute Gasteiger partial charge is 0.121 e. The normalized spacial score (nSPS) is 16.6. The van der Waals surface area contributed by atoms with Crippen LogP contribution in [0.3, 0.4) is 0 Å². The van der Waals surface area contributed by atoms with Crippen LogP contribution in [-0.2, 0) is 0 Å². The fourth-order valence-corrected chi connectivity index (χ4v) is 2.62. The minimum atomic E-state index is -0.581. The molecule has 100 valence electrons. The zero-order chi connectivity index (χ0) is 13.6. The van der Waals surface area contributed by atoms with Crippen molar-refractivity contribution in [2.45, 2.75) is 45.8 Å². The monoisotopic (exact) mass is 256 g/mol. The van der Waals surface area contributed by atoms with Gasteiger partial charge in [-0.15, -0.1) is 0 Å². The van der Waals surface area contributed by atoms with Gasteiger partial charge in [0.25, 0.3) is 0 Å². The lowest BCUT2D eigenvalue weighted by molar-refractivity contribution is 0.209. The number of aliphatic hydroxyl groups is 1. The van der Waals surface area contributed by atoms with Gasteiger partial charge in [-0.1, -0.05) is 12.1 Å². The second-order valence-electron chi connectivity index (χ2n) is 5.65. The highest BCUT2D eigenvalue weighted by Gasteiger charge is 2.28. The number of hydrogen-bond donors (Lipinski definition) is 1. The molecule has 1 saturated carbocycles. The Morgan fingerprint density at radius 1 is 1.16 bits per heavy atom. The van der Waals surface area contributed by atoms with E-state index in [1.807, 2.05) is 6.33 Å². The van der Waals surface area contributed by atoms with Crippen molar-refractivity contribution in [3.8, 4) is 0 Å². The molecule has 0 radical (unpaired) electrons. The molecular weight excluding hydrogens is 236 g/mol. The lowest BCUT2D eigenvalue weighted by Gasteiger charge is -2.17. The lowest BCUT2D eigenvalue weighted by Crippen LogP contribution is -2.09. The van der Waals surface area contributed by atoms with E-state index in [4.69, 9.17) is 0 Å². The summed E-state index contributed by atoms with van der Waals surface area (Å²) in [4.78, 5) is 4.20. The predicted octanol–water partition coefficient (Wildman–Crippen LogP) is 3.22. The van der Waals surface area contributed by atoms with Crippen LogP contribution in [0.15, 0.2) is 24.7 Å². The van der Waals surface area contributed by atoms with Crippen molar-refractivity contribution in [1.82, 2.24) is 9.55 Å². The molecule has 3 rings (SSSR count). The highest BCUT2D eigenvalue weighted by molar-refractivity contribution is 5.40. The van der Waals surface area contributed by atoms with Crippen LogP contribution in [0.25, 0.3) is 0 Å². The van der Waals surface area contributed by atoms with Gasteiger partial charge in [0.15, 0.2) is 0 Å². The van der Waals surface area contributed by atoms with Crippen molar-refractivity contribution < 1.29 is 5.11 Å². The molecule has 0 saturated heterocycles.